The third kappa shape index (κ3) is 2.21. The second kappa shape index (κ2) is 4.38. The van der Waals surface area contributed by atoms with E-state index in [-0.39, 0.29) is 30.0 Å². The highest BCUT2D eigenvalue weighted by atomic mass is 32.2. The van der Waals surface area contributed by atoms with Gasteiger partial charge in [-0.2, -0.15) is 0 Å². The Balaban J connectivity index is 2.29. The minimum Gasteiger partial charge on any atom is -0.396 e. The van der Waals surface area contributed by atoms with Crippen molar-refractivity contribution >= 4 is 9.84 Å². The van der Waals surface area contributed by atoms with E-state index in [0.717, 1.165) is 0 Å². The van der Waals surface area contributed by atoms with E-state index in [1.54, 1.807) is 19.1 Å². The van der Waals surface area contributed by atoms with Gasteiger partial charge in [-0.15, -0.1) is 0 Å². The summed E-state index contributed by atoms with van der Waals surface area (Å²) in [6.45, 7) is 1.41. The van der Waals surface area contributed by atoms with Crippen molar-refractivity contribution < 1.29 is 17.9 Å². The minimum absolute atomic E-state index is 0.0555. The van der Waals surface area contributed by atoms with E-state index < -0.39 is 15.1 Å². The largest absolute Gasteiger partial charge is 0.396 e. The summed E-state index contributed by atoms with van der Waals surface area (Å²) in [5.41, 5.74) is 0.658. The molecule has 1 aromatic rings. The molecule has 17 heavy (non-hydrogen) atoms. The predicted molar refractivity (Wildman–Crippen MR) is 63.0 cm³/mol. The molecule has 0 amide bonds. The van der Waals surface area contributed by atoms with Crippen molar-refractivity contribution in [2.45, 2.75) is 18.1 Å². The fraction of sp³-hybridized carbons (Fsp3) is 0.500. The number of benzene rings is 1. The van der Waals surface area contributed by atoms with E-state index in [4.69, 9.17) is 0 Å². The fourth-order valence-electron chi connectivity index (χ4n) is 2.39. The molecule has 0 aliphatic heterocycles. The summed E-state index contributed by atoms with van der Waals surface area (Å²) in [5.74, 6) is -0.874. The summed E-state index contributed by atoms with van der Waals surface area (Å²) in [7, 11) is -3.18. The molecular formula is C12H15FO3S. The number of hydrogen-bond acceptors (Lipinski definition) is 3. The number of halogens is 1. The molecule has 1 aromatic carbocycles. The Morgan fingerprint density at radius 1 is 1.41 bits per heavy atom. The van der Waals surface area contributed by atoms with Crippen molar-refractivity contribution in [2.24, 2.45) is 5.92 Å². The Bertz CT molecular complexity index is 512. The van der Waals surface area contributed by atoms with Gasteiger partial charge < -0.3 is 5.11 Å². The molecule has 0 bridgehead atoms. The third-order valence-corrected chi connectivity index (χ3v) is 5.63. The van der Waals surface area contributed by atoms with Crippen LogP contribution in [0.4, 0.5) is 4.39 Å². The van der Waals surface area contributed by atoms with Crippen LogP contribution in [-0.2, 0) is 9.84 Å². The summed E-state index contributed by atoms with van der Waals surface area (Å²) in [4.78, 5) is 0. The van der Waals surface area contributed by atoms with E-state index >= 15 is 0 Å². The van der Waals surface area contributed by atoms with Gasteiger partial charge in [-0.1, -0.05) is 19.1 Å². The quantitative estimate of drug-likeness (QED) is 0.886. The van der Waals surface area contributed by atoms with Crippen molar-refractivity contribution in [2.75, 3.05) is 12.4 Å². The second-order valence-corrected chi connectivity index (χ2v) is 6.79. The lowest BCUT2D eigenvalue weighted by Gasteiger charge is -2.00. The fourth-order valence-corrected chi connectivity index (χ4v) is 4.28. The molecule has 2 rings (SSSR count). The number of rotatable bonds is 4. The van der Waals surface area contributed by atoms with Gasteiger partial charge in [-0.25, -0.2) is 12.8 Å². The first-order valence-electron chi connectivity index (χ1n) is 5.59. The molecule has 0 aromatic heterocycles. The lowest BCUT2D eigenvalue weighted by atomic mass is 10.1. The van der Waals surface area contributed by atoms with Gasteiger partial charge in [0.25, 0.3) is 0 Å². The number of sulfone groups is 1. The van der Waals surface area contributed by atoms with E-state index in [1.165, 1.54) is 12.1 Å². The van der Waals surface area contributed by atoms with Gasteiger partial charge in [0, 0.05) is 24.2 Å². The molecule has 5 heteroatoms. The Morgan fingerprint density at radius 2 is 2.12 bits per heavy atom. The Labute approximate surface area is 100 Å². The van der Waals surface area contributed by atoms with Crippen molar-refractivity contribution in [3.05, 3.63) is 35.6 Å². The number of aliphatic hydroxyl groups excluding tert-OH is 1. The van der Waals surface area contributed by atoms with Gasteiger partial charge in [-0.05, 0) is 17.7 Å². The summed E-state index contributed by atoms with van der Waals surface area (Å²) in [6, 6.07) is 5.94. The topological polar surface area (TPSA) is 54.4 Å². The highest BCUT2D eigenvalue weighted by Crippen LogP contribution is 2.52. The number of hydrogen-bond donors (Lipinski definition) is 1. The second-order valence-electron chi connectivity index (χ2n) is 4.34. The number of aliphatic hydroxyl groups is 1. The van der Waals surface area contributed by atoms with Crippen LogP contribution in [-0.4, -0.2) is 31.1 Å². The molecule has 3 atom stereocenters. The third-order valence-electron chi connectivity index (χ3n) is 3.36. The van der Waals surface area contributed by atoms with Gasteiger partial charge in [0.2, 0.25) is 0 Å². The zero-order valence-electron chi connectivity index (χ0n) is 9.51. The molecule has 1 saturated carbocycles. The summed E-state index contributed by atoms with van der Waals surface area (Å²) >= 11 is 0. The Hall–Kier alpha value is -0.940. The normalized spacial score (nSPS) is 28.1. The highest BCUT2D eigenvalue weighted by molar-refractivity contribution is 7.92. The van der Waals surface area contributed by atoms with Crippen LogP contribution in [0.15, 0.2) is 24.3 Å². The molecule has 94 valence electrons. The minimum atomic E-state index is -3.18. The van der Waals surface area contributed by atoms with E-state index in [9.17, 15) is 17.9 Å². The van der Waals surface area contributed by atoms with Crippen molar-refractivity contribution in [1.82, 2.24) is 0 Å². The molecule has 0 heterocycles. The van der Waals surface area contributed by atoms with Crippen LogP contribution in [0.25, 0.3) is 0 Å². The van der Waals surface area contributed by atoms with Gasteiger partial charge in [0.15, 0.2) is 9.84 Å². The van der Waals surface area contributed by atoms with Gasteiger partial charge >= 0.3 is 0 Å². The monoisotopic (exact) mass is 258 g/mol. The maximum absolute atomic E-state index is 13.1. The Kier molecular flexibility index (Phi) is 3.23. The zero-order chi connectivity index (χ0) is 12.6. The van der Waals surface area contributed by atoms with Gasteiger partial charge in [-0.3, -0.25) is 0 Å². The van der Waals surface area contributed by atoms with Crippen LogP contribution >= 0.6 is 0 Å². The van der Waals surface area contributed by atoms with Crippen LogP contribution in [0.3, 0.4) is 0 Å². The summed E-state index contributed by atoms with van der Waals surface area (Å²) in [5, 5.41) is 8.62. The smallest absolute Gasteiger partial charge is 0.153 e. The molecule has 3 nitrogen and oxygen atoms in total. The molecule has 0 radical (unpaired) electrons. The van der Waals surface area contributed by atoms with E-state index in [0.29, 0.717) is 5.56 Å². The van der Waals surface area contributed by atoms with Gasteiger partial charge in [0.1, 0.15) is 5.82 Å². The molecule has 0 unspecified atom stereocenters. The maximum atomic E-state index is 13.1. The molecule has 1 fully saturated rings. The molecule has 1 N–H and O–H groups in total. The van der Waals surface area contributed by atoms with Crippen molar-refractivity contribution in [3.8, 4) is 0 Å². The molecular weight excluding hydrogens is 243 g/mol. The molecule has 0 spiro atoms. The SMILES string of the molecule is CCS(=O)(=O)[C@@H]1[C@H](CO)[C@@H]1c1cccc(F)c1. The zero-order valence-corrected chi connectivity index (χ0v) is 10.3. The summed E-state index contributed by atoms with van der Waals surface area (Å²) in [6.07, 6.45) is 0. The lowest BCUT2D eigenvalue weighted by Crippen LogP contribution is -2.13. The molecule has 1 aliphatic carbocycles. The standard InChI is InChI=1S/C12H15FO3S/c1-2-17(15,16)12-10(7-14)11(12)8-4-3-5-9(13)6-8/h3-6,10-12,14H,2,7H2,1H3/t10-,11+,12-/m1/s1. The lowest BCUT2D eigenvalue weighted by molar-refractivity contribution is 0.274. The first-order chi connectivity index (χ1) is 8.01. The highest BCUT2D eigenvalue weighted by Gasteiger charge is 2.57. The van der Waals surface area contributed by atoms with Crippen LogP contribution < -0.4 is 0 Å². The van der Waals surface area contributed by atoms with Gasteiger partial charge in [0.05, 0.1) is 5.25 Å². The average molecular weight is 258 g/mol. The van der Waals surface area contributed by atoms with Crippen molar-refractivity contribution in [3.63, 3.8) is 0 Å². The first kappa shape index (κ1) is 12.5. The van der Waals surface area contributed by atoms with E-state index in [2.05, 4.69) is 0 Å². The average Bonchev–Trinajstić information content (AvgIpc) is 3.04. The van der Waals surface area contributed by atoms with E-state index in [1.807, 2.05) is 0 Å². The van der Waals surface area contributed by atoms with Crippen LogP contribution in [0.2, 0.25) is 0 Å². The molecule has 0 saturated heterocycles. The maximum Gasteiger partial charge on any atom is 0.153 e. The van der Waals surface area contributed by atoms with Crippen LogP contribution in [0.5, 0.6) is 0 Å². The van der Waals surface area contributed by atoms with Crippen LogP contribution in [0.1, 0.15) is 18.4 Å². The first-order valence-corrected chi connectivity index (χ1v) is 7.30. The predicted octanol–water partition coefficient (Wildman–Crippen LogP) is 1.33. The van der Waals surface area contributed by atoms with Crippen LogP contribution in [0, 0.1) is 11.7 Å². The van der Waals surface area contributed by atoms with Crippen molar-refractivity contribution in [1.29, 1.82) is 0 Å². The Morgan fingerprint density at radius 3 is 2.65 bits per heavy atom. The molecule has 1 aliphatic rings. The summed E-state index contributed by atoms with van der Waals surface area (Å²) < 4.78 is 36.7.